The van der Waals surface area contributed by atoms with E-state index >= 15 is 0 Å². The van der Waals surface area contributed by atoms with Gasteiger partial charge in [-0.3, -0.25) is 19.3 Å². The van der Waals surface area contributed by atoms with Crippen LogP contribution in [0.15, 0.2) is 42.5 Å². The summed E-state index contributed by atoms with van der Waals surface area (Å²) >= 11 is 5.90. The van der Waals surface area contributed by atoms with Crippen LogP contribution in [-0.2, 0) is 14.3 Å². The van der Waals surface area contributed by atoms with E-state index in [-0.39, 0.29) is 11.1 Å². The Hall–Kier alpha value is -3.19. The zero-order chi connectivity index (χ0) is 22.0. The van der Waals surface area contributed by atoms with Crippen molar-refractivity contribution >= 4 is 41.0 Å². The number of anilines is 1. The first kappa shape index (κ1) is 21.5. The molecule has 3 amide bonds. The lowest BCUT2D eigenvalue weighted by Gasteiger charge is -2.27. The molecule has 2 aromatic rings. The molecule has 1 N–H and O–H groups in total. The average Bonchev–Trinajstić information content (AvgIpc) is 2.94. The zero-order valence-electron chi connectivity index (χ0n) is 16.8. The molecule has 2 aromatic carbocycles. The number of aryl methyl sites for hydroxylation is 1. The van der Waals surface area contributed by atoms with Gasteiger partial charge in [0.2, 0.25) is 0 Å². The third-order valence-electron chi connectivity index (χ3n) is 4.78. The summed E-state index contributed by atoms with van der Waals surface area (Å²) in [6.45, 7) is 4.64. The smallest absolute Gasteiger partial charge is 0.330 e. The van der Waals surface area contributed by atoms with Gasteiger partial charge in [-0.2, -0.15) is 0 Å². The highest BCUT2D eigenvalue weighted by Crippen LogP contribution is 2.27. The average molecular weight is 429 g/mol. The van der Waals surface area contributed by atoms with Gasteiger partial charge < -0.3 is 10.1 Å². The molecule has 0 saturated heterocycles. The molecular weight excluding hydrogens is 408 g/mol. The van der Waals surface area contributed by atoms with Gasteiger partial charge in [0.1, 0.15) is 6.04 Å². The van der Waals surface area contributed by atoms with Crippen LogP contribution in [0.2, 0.25) is 5.02 Å². The number of carbonyl (C=O) groups is 4. The first-order valence-electron chi connectivity index (χ1n) is 9.40. The third kappa shape index (κ3) is 4.21. The van der Waals surface area contributed by atoms with Gasteiger partial charge in [-0.05, 0) is 48.7 Å². The molecular formula is C22H21ClN2O5. The molecule has 0 saturated carbocycles. The molecule has 0 fully saturated rings. The summed E-state index contributed by atoms with van der Waals surface area (Å²) in [6, 6.07) is 10.2. The van der Waals surface area contributed by atoms with Crippen molar-refractivity contribution in [1.29, 1.82) is 0 Å². The molecule has 0 bridgehead atoms. The predicted octanol–water partition coefficient (Wildman–Crippen LogP) is 3.45. The number of fused-ring (bicyclic) bond motifs is 1. The van der Waals surface area contributed by atoms with Gasteiger partial charge in [0, 0.05) is 10.7 Å². The summed E-state index contributed by atoms with van der Waals surface area (Å²) in [7, 11) is 0. The Kier molecular flexibility index (Phi) is 6.22. The standard InChI is InChI=1S/C22H21ClN2O5/c1-12(2)19(25-20(27)15-6-4-5-7-16(15)21(25)28)22(29)30-11-18(26)24-17-9-8-14(23)10-13(17)3/h4-10,12,19H,11H2,1-3H3,(H,24,26). The van der Waals surface area contributed by atoms with E-state index in [1.54, 1.807) is 63.2 Å². The van der Waals surface area contributed by atoms with Crippen LogP contribution >= 0.6 is 11.6 Å². The molecule has 3 rings (SSSR count). The van der Waals surface area contributed by atoms with E-state index in [2.05, 4.69) is 5.32 Å². The number of benzene rings is 2. The molecule has 30 heavy (non-hydrogen) atoms. The van der Waals surface area contributed by atoms with Gasteiger partial charge in [-0.1, -0.05) is 37.6 Å². The van der Waals surface area contributed by atoms with Crippen LogP contribution in [-0.4, -0.2) is 41.2 Å². The Balaban J connectivity index is 1.69. The lowest BCUT2D eigenvalue weighted by Crippen LogP contribution is -2.49. The molecule has 0 spiro atoms. The molecule has 8 heteroatoms. The monoisotopic (exact) mass is 428 g/mol. The number of nitrogens with zero attached hydrogens (tertiary/aromatic N) is 1. The van der Waals surface area contributed by atoms with Crippen LogP contribution < -0.4 is 5.32 Å². The largest absolute Gasteiger partial charge is 0.454 e. The second kappa shape index (κ2) is 8.67. The maximum atomic E-state index is 12.7. The van der Waals surface area contributed by atoms with E-state index < -0.39 is 42.3 Å². The molecule has 1 aliphatic heterocycles. The first-order valence-corrected chi connectivity index (χ1v) is 9.78. The van der Waals surface area contributed by atoms with Gasteiger partial charge in [-0.15, -0.1) is 0 Å². The van der Waals surface area contributed by atoms with Crippen molar-refractivity contribution in [3.8, 4) is 0 Å². The number of ether oxygens (including phenoxy) is 1. The van der Waals surface area contributed by atoms with E-state index in [1.807, 2.05) is 0 Å². The zero-order valence-corrected chi connectivity index (χ0v) is 17.5. The maximum absolute atomic E-state index is 12.7. The van der Waals surface area contributed by atoms with Crippen molar-refractivity contribution in [3.05, 3.63) is 64.2 Å². The van der Waals surface area contributed by atoms with Gasteiger partial charge in [-0.25, -0.2) is 4.79 Å². The van der Waals surface area contributed by atoms with Gasteiger partial charge in [0.15, 0.2) is 6.61 Å². The van der Waals surface area contributed by atoms with E-state index in [0.29, 0.717) is 10.7 Å². The number of carbonyl (C=O) groups excluding carboxylic acids is 4. The normalized spacial score (nSPS) is 14.0. The van der Waals surface area contributed by atoms with Crippen LogP contribution in [0, 0.1) is 12.8 Å². The number of hydrogen-bond acceptors (Lipinski definition) is 5. The summed E-state index contributed by atoms with van der Waals surface area (Å²) in [4.78, 5) is 51.3. The van der Waals surface area contributed by atoms with Crippen LogP contribution in [0.1, 0.15) is 40.1 Å². The van der Waals surface area contributed by atoms with Crippen molar-refractivity contribution in [2.75, 3.05) is 11.9 Å². The van der Waals surface area contributed by atoms with Crippen molar-refractivity contribution in [2.24, 2.45) is 5.92 Å². The molecule has 1 unspecified atom stereocenters. The second-order valence-electron chi connectivity index (χ2n) is 7.33. The Morgan fingerprint density at radius 3 is 2.20 bits per heavy atom. The van der Waals surface area contributed by atoms with Crippen LogP contribution in [0.25, 0.3) is 0 Å². The van der Waals surface area contributed by atoms with Gasteiger partial charge in [0.25, 0.3) is 17.7 Å². The molecule has 7 nitrogen and oxygen atoms in total. The topological polar surface area (TPSA) is 92.8 Å². The summed E-state index contributed by atoms with van der Waals surface area (Å²) in [6.07, 6.45) is 0. The SMILES string of the molecule is Cc1cc(Cl)ccc1NC(=O)COC(=O)C(C(C)C)N1C(=O)c2ccccc2C1=O. The molecule has 1 atom stereocenters. The number of amides is 3. The third-order valence-corrected chi connectivity index (χ3v) is 5.02. The van der Waals surface area contributed by atoms with E-state index in [9.17, 15) is 19.2 Å². The number of esters is 1. The maximum Gasteiger partial charge on any atom is 0.330 e. The van der Waals surface area contributed by atoms with E-state index in [1.165, 1.54) is 0 Å². The second-order valence-corrected chi connectivity index (χ2v) is 7.77. The summed E-state index contributed by atoms with van der Waals surface area (Å²) < 4.78 is 5.15. The molecule has 156 valence electrons. The van der Waals surface area contributed by atoms with E-state index in [4.69, 9.17) is 16.3 Å². The molecule has 0 aliphatic carbocycles. The Labute approximate surface area is 179 Å². The fraction of sp³-hybridized carbons (Fsp3) is 0.273. The molecule has 0 aromatic heterocycles. The fourth-order valence-corrected chi connectivity index (χ4v) is 3.54. The minimum atomic E-state index is -1.14. The van der Waals surface area contributed by atoms with Gasteiger partial charge in [0.05, 0.1) is 11.1 Å². The van der Waals surface area contributed by atoms with Crippen LogP contribution in [0.3, 0.4) is 0 Å². The van der Waals surface area contributed by atoms with Crippen molar-refractivity contribution in [1.82, 2.24) is 4.90 Å². The van der Waals surface area contributed by atoms with Crippen LogP contribution in [0.4, 0.5) is 5.69 Å². The molecule has 1 heterocycles. The highest BCUT2D eigenvalue weighted by molar-refractivity contribution is 6.30. The van der Waals surface area contributed by atoms with Crippen LogP contribution in [0.5, 0.6) is 0 Å². The highest BCUT2D eigenvalue weighted by atomic mass is 35.5. The van der Waals surface area contributed by atoms with Crippen molar-refractivity contribution in [2.45, 2.75) is 26.8 Å². The van der Waals surface area contributed by atoms with Gasteiger partial charge >= 0.3 is 5.97 Å². The number of hydrogen-bond donors (Lipinski definition) is 1. The number of rotatable bonds is 6. The Morgan fingerprint density at radius 2 is 1.67 bits per heavy atom. The Bertz CT molecular complexity index is 999. The number of imide groups is 1. The Morgan fingerprint density at radius 1 is 1.07 bits per heavy atom. The summed E-state index contributed by atoms with van der Waals surface area (Å²) in [5.74, 6) is -2.86. The lowest BCUT2D eigenvalue weighted by molar-refractivity contribution is -0.152. The van der Waals surface area contributed by atoms with Crippen molar-refractivity contribution in [3.63, 3.8) is 0 Å². The molecule has 1 aliphatic rings. The minimum absolute atomic E-state index is 0.247. The molecule has 0 radical (unpaired) electrons. The predicted molar refractivity (Wildman–Crippen MR) is 111 cm³/mol. The first-order chi connectivity index (χ1) is 14.2. The summed E-state index contributed by atoms with van der Waals surface area (Å²) in [5.41, 5.74) is 1.79. The van der Waals surface area contributed by atoms with Crippen molar-refractivity contribution < 1.29 is 23.9 Å². The number of halogens is 1. The van der Waals surface area contributed by atoms with E-state index in [0.717, 1.165) is 10.5 Å². The highest BCUT2D eigenvalue weighted by Gasteiger charge is 2.44. The fourth-order valence-electron chi connectivity index (χ4n) is 3.31. The minimum Gasteiger partial charge on any atom is -0.454 e. The quantitative estimate of drug-likeness (QED) is 0.562. The number of nitrogens with one attached hydrogen (secondary N) is 1. The summed E-state index contributed by atoms with van der Waals surface area (Å²) in [5, 5.41) is 3.18. The lowest BCUT2D eigenvalue weighted by atomic mass is 10.0.